The SMILES string of the molecule is CCCCCCCCCC(CC)(CCCCCc1cccc(C(F)(F)F)c1)OC. The summed E-state index contributed by atoms with van der Waals surface area (Å²) in [5.74, 6) is 0. The lowest BCUT2D eigenvalue weighted by Crippen LogP contribution is -2.30. The molecule has 0 spiro atoms. The molecule has 168 valence electrons. The maximum absolute atomic E-state index is 12.8. The van der Waals surface area contributed by atoms with E-state index in [4.69, 9.17) is 4.74 Å². The number of rotatable bonds is 16. The van der Waals surface area contributed by atoms with Crippen LogP contribution >= 0.6 is 0 Å². The molecular formula is C25H41F3O. The molecule has 1 atom stereocenters. The Labute approximate surface area is 176 Å². The van der Waals surface area contributed by atoms with Crippen molar-refractivity contribution in [1.82, 2.24) is 0 Å². The standard InChI is InChI=1S/C25H41F3O/c1-4-6-7-8-9-10-13-19-24(5-2,29-3)20-14-11-12-16-22-17-15-18-23(21-22)25(26,27)28/h15,17-18,21H,4-14,16,19-20H2,1-3H3. The Morgan fingerprint density at radius 1 is 0.793 bits per heavy atom. The summed E-state index contributed by atoms with van der Waals surface area (Å²) in [6.45, 7) is 4.45. The Balaban J connectivity index is 2.30. The average Bonchev–Trinajstić information content (AvgIpc) is 2.71. The van der Waals surface area contributed by atoms with Gasteiger partial charge in [0.2, 0.25) is 0 Å². The molecule has 1 aromatic carbocycles. The third kappa shape index (κ3) is 10.5. The first kappa shape index (κ1) is 26.0. The summed E-state index contributed by atoms with van der Waals surface area (Å²) in [5, 5.41) is 0. The van der Waals surface area contributed by atoms with Gasteiger partial charge in [-0.05, 0) is 43.7 Å². The second kappa shape index (κ2) is 14.1. The predicted octanol–water partition coefficient (Wildman–Crippen LogP) is 8.74. The molecule has 1 unspecified atom stereocenters. The highest BCUT2D eigenvalue weighted by atomic mass is 19.4. The van der Waals surface area contributed by atoms with Crippen LogP contribution < -0.4 is 0 Å². The number of alkyl halides is 3. The summed E-state index contributed by atoms with van der Waals surface area (Å²) in [4.78, 5) is 0. The Hall–Kier alpha value is -1.03. The molecule has 0 aliphatic carbocycles. The number of hydrogen-bond acceptors (Lipinski definition) is 1. The van der Waals surface area contributed by atoms with Crippen LogP contribution in [0.15, 0.2) is 24.3 Å². The molecule has 29 heavy (non-hydrogen) atoms. The lowest BCUT2D eigenvalue weighted by Gasteiger charge is -2.32. The fourth-order valence-electron chi connectivity index (χ4n) is 4.09. The Kier molecular flexibility index (Phi) is 12.6. The van der Waals surface area contributed by atoms with Gasteiger partial charge in [0.05, 0.1) is 11.2 Å². The molecule has 1 rings (SSSR count). The minimum Gasteiger partial charge on any atom is -0.378 e. The van der Waals surface area contributed by atoms with E-state index in [1.165, 1.54) is 57.1 Å². The lowest BCUT2D eigenvalue weighted by molar-refractivity contribution is -0.137. The van der Waals surface area contributed by atoms with Crippen molar-refractivity contribution in [3.8, 4) is 0 Å². The van der Waals surface area contributed by atoms with E-state index < -0.39 is 11.7 Å². The van der Waals surface area contributed by atoms with Crippen LogP contribution in [-0.4, -0.2) is 12.7 Å². The highest BCUT2D eigenvalue weighted by Gasteiger charge is 2.30. The molecular weight excluding hydrogens is 373 g/mol. The van der Waals surface area contributed by atoms with E-state index in [0.717, 1.165) is 50.2 Å². The van der Waals surface area contributed by atoms with Gasteiger partial charge in [-0.15, -0.1) is 0 Å². The zero-order valence-electron chi connectivity index (χ0n) is 18.8. The van der Waals surface area contributed by atoms with E-state index >= 15 is 0 Å². The van der Waals surface area contributed by atoms with Crippen LogP contribution in [0.2, 0.25) is 0 Å². The van der Waals surface area contributed by atoms with Crippen LogP contribution in [-0.2, 0) is 17.3 Å². The number of unbranched alkanes of at least 4 members (excludes halogenated alkanes) is 8. The van der Waals surface area contributed by atoms with Crippen molar-refractivity contribution in [1.29, 1.82) is 0 Å². The summed E-state index contributed by atoms with van der Waals surface area (Å²) in [7, 11) is 1.83. The molecule has 0 heterocycles. The molecule has 0 aliphatic heterocycles. The monoisotopic (exact) mass is 414 g/mol. The van der Waals surface area contributed by atoms with E-state index in [1.54, 1.807) is 6.07 Å². The number of hydrogen-bond donors (Lipinski definition) is 0. The zero-order chi connectivity index (χ0) is 21.6. The fraction of sp³-hybridized carbons (Fsp3) is 0.760. The topological polar surface area (TPSA) is 9.23 Å². The van der Waals surface area contributed by atoms with Crippen LogP contribution in [0.5, 0.6) is 0 Å². The molecule has 4 heteroatoms. The molecule has 0 amide bonds. The van der Waals surface area contributed by atoms with Crippen molar-refractivity contribution < 1.29 is 17.9 Å². The average molecular weight is 415 g/mol. The molecule has 1 nitrogen and oxygen atoms in total. The summed E-state index contributed by atoms with van der Waals surface area (Å²) < 4.78 is 44.4. The smallest absolute Gasteiger partial charge is 0.378 e. The van der Waals surface area contributed by atoms with Crippen molar-refractivity contribution in [2.75, 3.05) is 7.11 Å². The van der Waals surface area contributed by atoms with Crippen LogP contribution in [0.3, 0.4) is 0 Å². The van der Waals surface area contributed by atoms with Gasteiger partial charge in [-0.1, -0.05) is 89.8 Å². The summed E-state index contributed by atoms with van der Waals surface area (Å²) >= 11 is 0. The molecule has 1 aromatic rings. The fourth-order valence-corrected chi connectivity index (χ4v) is 4.09. The van der Waals surface area contributed by atoms with Gasteiger partial charge in [0.1, 0.15) is 0 Å². The highest BCUT2D eigenvalue weighted by molar-refractivity contribution is 5.25. The molecule has 0 saturated heterocycles. The van der Waals surface area contributed by atoms with Crippen molar-refractivity contribution in [3.05, 3.63) is 35.4 Å². The second-order valence-electron chi connectivity index (χ2n) is 8.37. The van der Waals surface area contributed by atoms with Crippen LogP contribution in [0, 0.1) is 0 Å². The molecule has 0 radical (unpaired) electrons. The maximum atomic E-state index is 12.8. The van der Waals surface area contributed by atoms with Gasteiger partial charge in [-0.3, -0.25) is 0 Å². The number of aryl methyl sites for hydroxylation is 1. The Morgan fingerprint density at radius 3 is 1.93 bits per heavy atom. The summed E-state index contributed by atoms with van der Waals surface area (Å²) in [6.07, 6.45) is 11.8. The second-order valence-corrected chi connectivity index (χ2v) is 8.37. The summed E-state index contributed by atoms with van der Waals surface area (Å²) in [5.41, 5.74) is 0.199. The third-order valence-corrected chi connectivity index (χ3v) is 6.17. The summed E-state index contributed by atoms with van der Waals surface area (Å²) in [6, 6.07) is 5.72. The van der Waals surface area contributed by atoms with E-state index in [0.29, 0.717) is 6.42 Å². The van der Waals surface area contributed by atoms with Crippen LogP contribution in [0.25, 0.3) is 0 Å². The third-order valence-electron chi connectivity index (χ3n) is 6.17. The normalized spacial score (nSPS) is 14.1. The molecule has 0 saturated carbocycles. The predicted molar refractivity (Wildman–Crippen MR) is 116 cm³/mol. The molecule has 0 fully saturated rings. The van der Waals surface area contributed by atoms with Gasteiger partial charge in [-0.25, -0.2) is 0 Å². The minimum atomic E-state index is -4.26. The molecule has 0 aliphatic rings. The maximum Gasteiger partial charge on any atom is 0.416 e. The Bertz CT molecular complexity index is 535. The number of ether oxygens (including phenoxy) is 1. The van der Waals surface area contributed by atoms with E-state index in [-0.39, 0.29) is 5.60 Å². The van der Waals surface area contributed by atoms with Gasteiger partial charge < -0.3 is 4.74 Å². The van der Waals surface area contributed by atoms with Crippen molar-refractivity contribution in [3.63, 3.8) is 0 Å². The van der Waals surface area contributed by atoms with Crippen molar-refractivity contribution in [2.24, 2.45) is 0 Å². The first-order valence-corrected chi connectivity index (χ1v) is 11.6. The van der Waals surface area contributed by atoms with Gasteiger partial charge >= 0.3 is 6.18 Å². The van der Waals surface area contributed by atoms with Gasteiger partial charge in [-0.2, -0.15) is 13.2 Å². The Morgan fingerprint density at radius 2 is 1.38 bits per heavy atom. The van der Waals surface area contributed by atoms with Crippen LogP contribution in [0.4, 0.5) is 13.2 Å². The number of halogens is 3. The van der Waals surface area contributed by atoms with Gasteiger partial charge in [0.25, 0.3) is 0 Å². The van der Waals surface area contributed by atoms with Gasteiger partial charge in [0.15, 0.2) is 0 Å². The first-order chi connectivity index (χ1) is 13.9. The van der Waals surface area contributed by atoms with Gasteiger partial charge in [0, 0.05) is 7.11 Å². The first-order valence-electron chi connectivity index (χ1n) is 11.6. The number of benzene rings is 1. The largest absolute Gasteiger partial charge is 0.416 e. The van der Waals surface area contributed by atoms with E-state index in [2.05, 4.69) is 13.8 Å². The molecule has 0 N–H and O–H groups in total. The van der Waals surface area contributed by atoms with Crippen molar-refractivity contribution >= 4 is 0 Å². The lowest BCUT2D eigenvalue weighted by atomic mass is 9.87. The molecule has 0 aromatic heterocycles. The molecule has 0 bridgehead atoms. The van der Waals surface area contributed by atoms with E-state index in [1.807, 2.05) is 7.11 Å². The quantitative estimate of drug-likeness (QED) is 0.246. The highest BCUT2D eigenvalue weighted by Crippen LogP contribution is 2.31. The zero-order valence-corrected chi connectivity index (χ0v) is 18.8. The number of methoxy groups -OCH3 is 1. The minimum absolute atomic E-state index is 0.0282. The van der Waals surface area contributed by atoms with Crippen LogP contribution in [0.1, 0.15) is 108 Å². The van der Waals surface area contributed by atoms with E-state index in [9.17, 15) is 13.2 Å². The van der Waals surface area contributed by atoms with Crippen molar-refractivity contribution in [2.45, 2.75) is 116 Å².